The van der Waals surface area contributed by atoms with E-state index in [-0.39, 0.29) is 40.7 Å². The van der Waals surface area contributed by atoms with E-state index in [1.807, 2.05) is 0 Å². The van der Waals surface area contributed by atoms with Crippen LogP contribution in [0.15, 0.2) is 12.1 Å². The van der Waals surface area contributed by atoms with Crippen LogP contribution in [0.4, 0.5) is 0 Å². The van der Waals surface area contributed by atoms with Crippen molar-refractivity contribution < 1.29 is 19.8 Å². The van der Waals surface area contributed by atoms with E-state index in [2.05, 4.69) is 13.8 Å². The van der Waals surface area contributed by atoms with Crippen molar-refractivity contribution in [3.8, 4) is 0 Å². The van der Waals surface area contributed by atoms with E-state index in [4.69, 9.17) is 11.5 Å². The summed E-state index contributed by atoms with van der Waals surface area (Å²) in [5, 5.41) is 18.7. The Morgan fingerprint density at radius 3 is 1.78 bits per heavy atom. The third kappa shape index (κ3) is 10.9. The normalized spacial score (nSPS) is 9.78. The summed E-state index contributed by atoms with van der Waals surface area (Å²) < 4.78 is 0. The van der Waals surface area contributed by atoms with Crippen LogP contribution in [-0.4, -0.2) is 64.8 Å². The molecular weight excluding hydrogens is 355 g/mol. The van der Waals surface area contributed by atoms with Gasteiger partial charge in [0.05, 0.1) is 11.1 Å². The van der Waals surface area contributed by atoms with Crippen LogP contribution in [0, 0.1) is 0 Å². The fourth-order valence-corrected chi connectivity index (χ4v) is 2.75. The van der Waals surface area contributed by atoms with Gasteiger partial charge in [0.1, 0.15) is 0 Å². The number of rotatable bonds is 11. The second kappa shape index (κ2) is 17.2. The van der Waals surface area contributed by atoms with Crippen LogP contribution in [0.5, 0.6) is 0 Å². The molecule has 1 aromatic carbocycles. The first-order chi connectivity index (χ1) is 12.4. The molecule has 0 aliphatic heterocycles. The molecule has 0 radical (unpaired) electrons. The molecule has 0 bridgehead atoms. The monoisotopic (exact) mass is 390 g/mol. The van der Waals surface area contributed by atoms with Crippen LogP contribution >= 0.6 is 0 Å². The second-order valence-electron chi connectivity index (χ2n) is 6.23. The zero-order chi connectivity index (χ0) is 19.9. The summed E-state index contributed by atoms with van der Waals surface area (Å²) in [7, 11) is 0. The molecule has 0 fully saturated rings. The standard InChI is InChI=1S/C18H26O4.C2H8N2.Na.H/c1-3-5-7-9-13-11-12-15(17(19)20)16(18(21)22)14(13)10-8-6-4-2;3-1-2-4;;/h11-12H,3-10H2,1-2H3,(H,19,20)(H,21,22);1-4H2;;. The molecule has 1 aromatic rings. The fourth-order valence-electron chi connectivity index (χ4n) is 2.75. The molecule has 0 unspecified atom stereocenters. The number of carboxylic acid groups (broad SMARTS) is 2. The second-order valence-corrected chi connectivity index (χ2v) is 6.23. The number of nitrogens with two attached hydrogens (primary N) is 2. The minimum atomic E-state index is -1.17. The van der Waals surface area contributed by atoms with Gasteiger partial charge in [-0.05, 0) is 42.9 Å². The maximum absolute atomic E-state index is 11.6. The van der Waals surface area contributed by atoms with E-state index in [0.717, 1.165) is 56.1 Å². The van der Waals surface area contributed by atoms with Crippen LogP contribution in [0.2, 0.25) is 0 Å². The van der Waals surface area contributed by atoms with Gasteiger partial charge in [0.25, 0.3) is 0 Å². The molecule has 0 atom stereocenters. The van der Waals surface area contributed by atoms with Crippen LogP contribution in [0.1, 0.15) is 84.2 Å². The number of hydrogen-bond donors (Lipinski definition) is 4. The Labute approximate surface area is 185 Å². The van der Waals surface area contributed by atoms with Crippen molar-refractivity contribution in [2.45, 2.75) is 65.2 Å². The van der Waals surface area contributed by atoms with E-state index < -0.39 is 11.9 Å². The van der Waals surface area contributed by atoms with Gasteiger partial charge in [-0.1, -0.05) is 45.6 Å². The molecule has 27 heavy (non-hydrogen) atoms. The van der Waals surface area contributed by atoms with E-state index in [1.54, 1.807) is 6.07 Å². The predicted octanol–water partition coefficient (Wildman–Crippen LogP) is 2.80. The van der Waals surface area contributed by atoms with E-state index >= 15 is 0 Å². The Hall–Kier alpha value is -0.920. The summed E-state index contributed by atoms with van der Waals surface area (Å²) >= 11 is 0. The van der Waals surface area contributed by atoms with Gasteiger partial charge in [-0.25, -0.2) is 9.59 Å². The molecule has 0 saturated carbocycles. The number of hydrogen-bond acceptors (Lipinski definition) is 4. The Morgan fingerprint density at radius 2 is 1.37 bits per heavy atom. The van der Waals surface area contributed by atoms with Gasteiger partial charge in [0.2, 0.25) is 0 Å². The molecule has 6 N–H and O–H groups in total. The van der Waals surface area contributed by atoms with Gasteiger partial charge in [-0.3, -0.25) is 0 Å². The third-order valence-electron chi connectivity index (χ3n) is 4.10. The van der Waals surface area contributed by atoms with Crippen molar-refractivity contribution >= 4 is 41.5 Å². The quantitative estimate of drug-likeness (QED) is 0.340. The molecule has 0 heterocycles. The molecule has 7 heteroatoms. The van der Waals surface area contributed by atoms with Gasteiger partial charge < -0.3 is 21.7 Å². The van der Waals surface area contributed by atoms with Crippen LogP contribution in [-0.2, 0) is 12.8 Å². The number of aromatic carboxylic acids is 2. The first kappa shape index (κ1) is 28.3. The fraction of sp³-hybridized carbons (Fsp3) is 0.600. The zero-order valence-electron chi connectivity index (χ0n) is 16.1. The third-order valence-corrected chi connectivity index (χ3v) is 4.10. The average molecular weight is 391 g/mol. The van der Waals surface area contributed by atoms with Crippen molar-refractivity contribution in [1.29, 1.82) is 0 Å². The molecule has 6 nitrogen and oxygen atoms in total. The van der Waals surface area contributed by atoms with Crippen molar-refractivity contribution in [1.82, 2.24) is 0 Å². The predicted molar refractivity (Wildman–Crippen MR) is 112 cm³/mol. The summed E-state index contributed by atoms with van der Waals surface area (Å²) in [6, 6.07) is 3.24. The van der Waals surface area contributed by atoms with Crippen molar-refractivity contribution in [2.75, 3.05) is 13.1 Å². The molecule has 0 aliphatic carbocycles. The molecule has 0 saturated heterocycles. The van der Waals surface area contributed by atoms with Crippen molar-refractivity contribution in [2.24, 2.45) is 11.5 Å². The first-order valence-corrected chi connectivity index (χ1v) is 9.45. The number of aryl methyl sites for hydroxylation is 1. The van der Waals surface area contributed by atoms with Crippen LogP contribution in [0.3, 0.4) is 0 Å². The summed E-state index contributed by atoms with van der Waals surface area (Å²) in [5.41, 5.74) is 11.4. The average Bonchev–Trinajstić information content (AvgIpc) is 2.62. The summed E-state index contributed by atoms with van der Waals surface area (Å²) in [5.74, 6) is -2.31. The molecule has 0 aromatic heterocycles. The molecule has 0 amide bonds. The zero-order valence-corrected chi connectivity index (χ0v) is 16.1. The number of carbonyl (C=O) groups is 2. The Bertz CT molecular complexity index is 563. The molecule has 150 valence electrons. The summed E-state index contributed by atoms with van der Waals surface area (Å²) in [4.78, 5) is 22.9. The van der Waals surface area contributed by atoms with E-state index in [0.29, 0.717) is 19.5 Å². The topological polar surface area (TPSA) is 127 Å². The maximum atomic E-state index is 11.6. The number of benzene rings is 1. The number of unbranched alkanes of at least 4 members (excludes halogenated alkanes) is 4. The van der Waals surface area contributed by atoms with Crippen LogP contribution < -0.4 is 11.5 Å². The Kier molecular flexibility index (Phi) is 18.0. The number of carboxylic acids is 2. The molecule has 0 aliphatic rings. The van der Waals surface area contributed by atoms with Gasteiger partial charge >= 0.3 is 41.5 Å². The van der Waals surface area contributed by atoms with E-state index in [9.17, 15) is 19.8 Å². The van der Waals surface area contributed by atoms with Gasteiger partial charge in [0.15, 0.2) is 0 Å². The minimum absolute atomic E-state index is 0. The van der Waals surface area contributed by atoms with E-state index in [1.165, 1.54) is 6.07 Å². The Balaban J connectivity index is 0. The first-order valence-electron chi connectivity index (χ1n) is 9.45. The summed E-state index contributed by atoms with van der Waals surface area (Å²) in [6.07, 6.45) is 7.61. The van der Waals surface area contributed by atoms with Crippen molar-refractivity contribution in [3.63, 3.8) is 0 Å². The summed E-state index contributed by atoms with van der Waals surface area (Å²) in [6.45, 7) is 5.41. The van der Waals surface area contributed by atoms with Crippen LogP contribution in [0.25, 0.3) is 0 Å². The molecular formula is C20H35N2NaO4. The van der Waals surface area contributed by atoms with Gasteiger partial charge in [0, 0.05) is 13.1 Å². The SMILES string of the molecule is CCCCCc1ccc(C(=O)O)c(C(=O)O)c1CCCCC.NCCN.[NaH]. The van der Waals surface area contributed by atoms with Gasteiger partial charge in [-0.15, -0.1) is 0 Å². The van der Waals surface area contributed by atoms with Crippen molar-refractivity contribution in [3.05, 3.63) is 34.4 Å². The molecule has 0 spiro atoms. The van der Waals surface area contributed by atoms with Gasteiger partial charge in [-0.2, -0.15) is 0 Å². The Morgan fingerprint density at radius 1 is 0.852 bits per heavy atom. The molecule has 1 rings (SSSR count).